The fourth-order valence-corrected chi connectivity index (χ4v) is 7.72. The summed E-state index contributed by atoms with van der Waals surface area (Å²) >= 11 is 0. The van der Waals surface area contributed by atoms with Gasteiger partial charge in [-0.05, 0) is 64.2 Å². The van der Waals surface area contributed by atoms with Crippen molar-refractivity contribution in [3.8, 4) is 22.5 Å². The molecule has 0 amide bonds. The molecule has 0 atom stereocenters. The monoisotopic (exact) mass is 584 g/mol. The standard InChI is InChI=1S/C44H28N2/c1-2-14-31(15-3-1)45-40-23-10-9-20-37(40)39-27-30(25-26-42(39)45)33-21-12-22-38-36-19-8-11-24-41(36)46(44(33)38)43-28-29-13-4-5-16-32(29)34-17-6-7-18-35(34)43/h1-28H. The van der Waals surface area contributed by atoms with Crippen molar-refractivity contribution in [3.05, 3.63) is 170 Å². The summed E-state index contributed by atoms with van der Waals surface area (Å²) in [5.41, 5.74) is 9.69. The molecule has 2 nitrogen and oxygen atoms in total. The SMILES string of the molecule is c1ccc(-n2c3ccccc3c3cc(-c4cccc5c6ccccc6n(-c6cc7ccccc7c7ccccc67)c45)ccc32)cc1. The summed E-state index contributed by atoms with van der Waals surface area (Å²) in [6.45, 7) is 0. The minimum absolute atomic E-state index is 1.17. The topological polar surface area (TPSA) is 9.86 Å². The van der Waals surface area contributed by atoms with Crippen LogP contribution in [0.15, 0.2) is 170 Å². The number of hydrogen-bond donors (Lipinski definition) is 0. The van der Waals surface area contributed by atoms with Crippen LogP contribution in [0.25, 0.3) is 87.7 Å². The summed E-state index contributed by atoms with van der Waals surface area (Å²) in [4.78, 5) is 0. The highest BCUT2D eigenvalue weighted by Gasteiger charge is 2.20. The van der Waals surface area contributed by atoms with Crippen molar-refractivity contribution in [2.24, 2.45) is 0 Å². The van der Waals surface area contributed by atoms with Crippen molar-refractivity contribution in [2.45, 2.75) is 0 Å². The largest absolute Gasteiger partial charge is 0.309 e. The minimum Gasteiger partial charge on any atom is -0.309 e. The molecular weight excluding hydrogens is 556 g/mol. The van der Waals surface area contributed by atoms with E-state index in [-0.39, 0.29) is 0 Å². The van der Waals surface area contributed by atoms with E-state index in [2.05, 4.69) is 179 Å². The van der Waals surface area contributed by atoms with Crippen molar-refractivity contribution >= 4 is 65.2 Å². The summed E-state index contributed by atoms with van der Waals surface area (Å²) < 4.78 is 4.89. The lowest BCUT2D eigenvalue weighted by atomic mass is 9.98. The molecule has 2 aromatic heterocycles. The molecular formula is C44H28N2. The predicted molar refractivity (Wildman–Crippen MR) is 196 cm³/mol. The molecule has 0 fully saturated rings. The van der Waals surface area contributed by atoms with Crippen LogP contribution in [-0.2, 0) is 0 Å². The van der Waals surface area contributed by atoms with Gasteiger partial charge in [0.2, 0.25) is 0 Å². The van der Waals surface area contributed by atoms with E-state index in [4.69, 9.17) is 0 Å². The third kappa shape index (κ3) is 3.53. The Labute approximate surface area is 266 Å². The number of nitrogens with zero attached hydrogens (tertiary/aromatic N) is 2. The Bertz CT molecular complexity index is 2800. The Kier molecular flexibility index (Phi) is 5.31. The van der Waals surface area contributed by atoms with Gasteiger partial charge >= 0.3 is 0 Å². The van der Waals surface area contributed by atoms with Crippen LogP contribution in [0, 0.1) is 0 Å². The summed E-state index contributed by atoms with van der Waals surface area (Å²) in [6, 6.07) is 62.0. The molecule has 2 heterocycles. The van der Waals surface area contributed by atoms with Crippen LogP contribution in [-0.4, -0.2) is 9.13 Å². The maximum absolute atomic E-state index is 2.51. The normalized spacial score (nSPS) is 11.9. The van der Waals surface area contributed by atoms with Gasteiger partial charge in [0.1, 0.15) is 0 Å². The van der Waals surface area contributed by atoms with Crippen LogP contribution in [0.4, 0.5) is 0 Å². The number of para-hydroxylation sites is 4. The number of benzene rings is 8. The molecule has 0 spiro atoms. The second-order valence-corrected chi connectivity index (χ2v) is 12.1. The molecule has 0 saturated heterocycles. The molecule has 10 aromatic rings. The number of fused-ring (bicyclic) bond motifs is 9. The lowest BCUT2D eigenvalue weighted by Gasteiger charge is -2.16. The number of rotatable bonds is 3. The number of hydrogen-bond acceptors (Lipinski definition) is 0. The highest BCUT2D eigenvalue weighted by atomic mass is 15.0. The molecule has 0 aliphatic carbocycles. The number of aromatic nitrogens is 2. The van der Waals surface area contributed by atoms with Crippen molar-refractivity contribution in [3.63, 3.8) is 0 Å². The van der Waals surface area contributed by atoms with E-state index in [0.29, 0.717) is 0 Å². The Morgan fingerprint density at radius 1 is 0.326 bits per heavy atom. The van der Waals surface area contributed by atoms with E-state index >= 15 is 0 Å². The van der Waals surface area contributed by atoms with Gasteiger partial charge < -0.3 is 9.13 Å². The maximum atomic E-state index is 2.51. The van der Waals surface area contributed by atoms with Gasteiger partial charge in [-0.15, -0.1) is 0 Å². The fourth-order valence-electron chi connectivity index (χ4n) is 7.72. The Hall–Kier alpha value is -6.12. The van der Waals surface area contributed by atoms with E-state index in [0.717, 1.165) is 0 Å². The highest BCUT2D eigenvalue weighted by Crippen LogP contribution is 2.42. The van der Waals surface area contributed by atoms with Gasteiger partial charge in [-0.3, -0.25) is 0 Å². The van der Waals surface area contributed by atoms with Crippen LogP contribution in [0.2, 0.25) is 0 Å². The van der Waals surface area contributed by atoms with Gasteiger partial charge in [0.25, 0.3) is 0 Å². The maximum Gasteiger partial charge on any atom is 0.0619 e. The summed E-state index contributed by atoms with van der Waals surface area (Å²) in [6.07, 6.45) is 0. The van der Waals surface area contributed by atoms with Gasteiger partial charge in [0, 0.05) is 38.2 Å². The first-order chi connectivity index (χ1) is 22.8. The Morgan fingerprint density at radius 3 is 1.72 bits per heavy atom. The quantitative estimate of drug-likeness (QED) is 0.183. The molecule has 10 rings (SSSR count). The Balaban J connectivity index is 1.32. The van der Waals surface area contributed by atoms with Crippen molar-refractivity contribution < 1.29 is 0 Å². The van der Waals surface area contributed by atoms with Crippen molar-refractivity contribution in [1.29, 1.82) is 0 Å². The molecule has 46 heavy (non-hydrogen) atoms. The lowest BCUT2D eigenvalue weighted by molar-refractivity contribution is 1.18. The molecule has 0 aliphatic heterocycles. The van der Waals surface area contributed by atoms with Gasteiger partial charge in [0.15, 0.2) is 0 Å². The predicted octanol–water partition coefficient (Wildman–Crippen LogP) is 11.9. The zero-order valence-electron chi connectivity index (χ0n) is 25.1. The van der Waals surface area contributed by atoms with E-state index in [1.54, 1.807) is 0 Å². The summed E-state index contributed by atoms with van der Waals surface area (Å²) in [5.74, 6) is 0. The molecule has 0 bridgehead atoms. The smallest absolute Gasteiger partial charge is 0.0619 e. The third-order valence-corrected chi connectivity index (χ3v) is 9.68. The summed E-state index contributed by atoms with van der Waals surface area (Å²) in [5, 5.41) is 10.1. The Morgan fingerprint density at radius 2 is 0.913 bits per heavy atom. The van der Waals surface area contributed by atoms with Crippen LogP contribution in [0.3, 0.4) is 0 Å². The van der Waals surface area contributed by atoms with Gasteiger partial charge in [-0.1, -0.05) is 127 Å². The van der Waals surface area contributed by atoms with Crippen LogP contribution < -0.4 is 0 Å². The minimum atomic E-state index is 1.17. The molecule has 0 aliphatic rings. The van der Waals surface area contributed by atoms with E-state index in [9.17, 15) is 0 Å². The molecule has 214 valence electrons. The average molecular weight is 585 g/mol. The molecule has 0 saturated carbocycles. The average Bonchev–Trinajstić information content (AvgIpc) is 3.64. The zero-order chi connectivity index (χ0) is 30.2. The van der Waals surface area contributed by atoms with Crippen LogP contribution >= 0.6 is 0 Å². The molecule has 0 N–H and O–H groups in total. The lowest BCUT2D eigenvalue weighted by Crippen LogP contribution is -1.98. The summed E-state index contributed by atoms with van der Waals surface area (Å²) in [7, 11) is 0. The van der Waals surface area contributed by atoms with Gasteiger partial charge in [0.05, 0.1) is 27.8 Å². The molecule has 0 radical (unpaired) electrons. The van der Waals surface area contributed by atoms with E-state index < -0.39 is 0 Å². The third-order valence-electron chi connectivity index (χ3n) is 9.68. The van der Waals surface area contributed by atoms with E-state index in [1.165, 1.54) is 87.7 Å². The van der Waals surface area contributed by atoms with Crippen molar-refractivity contribution in [2.75, 3.05) is 0 Å². The van der Waals surface area contributed by atoms with Crippen molar-refractivity contribution in [1.82, 2.24) is 9.13 Å². The fraction of sp³-hybridized carbons (Fsp3) is 0. The zero-order valence-corrected chi connectivity index (χ0v) is 25.1. The first-order valence-corrected chi connectivity index (χ1v) is 15.9. The second-order valence-electron chi connectivity index (χ2n) is 12.1. The van der Waals surface area contributed by atoms with E-state index in [1.807, 2.05) is 0 Å². The first kappa shape index (κ1) is 25.2. The van der Waals surface area contributed by atoms with Crippen LogP contribution in [0.5, 0.6) is 0 Å². The molecule has 8 aromatic carbocycles. The first-order valence-electron chi connectivity index (χ1n) is 15.9. The highest BCUT2D eigenvalue weighted by molar-refractivity contribution is 6.18. The molecule has 2 heteroatoms. The van der Waals surface area contributed by atoms with Gasteiger partial charge in [-0.25, -0.2) is 0 Å². The van der Waals surface area contributed by atoms with Crippen LogP contribution in [0.1, 0.15) is 0 Å². The second kappa shape index (κ2) is 9.69. The van der Waals surface area contributed by atoms with Gasteiger partial charge in [-0.2, -0.15) is 0 Å². The molecule has 0 unspecified atom stereocenters.